The van der Waals surface area contributed by atoms with Crippen molar-refractivity contribution in [2.24, 2.45) is 0 Å². The Morgan fingerprint density at radius 2 is 1.61 bits per heavy atom. The fourth-order valence-corrected chi connectivity index (χ4v) is 3.63. The lowest BCUT2D eigenvalue weighted by Gasteiger charge is -2.38. The van der Waals surface area contributed by atoms with Crippen LogP contribution in [0.25, 0.3) is 0 Å². The van der Waals surface area contributed by atoms with Crippen LogP contribution in [0.3, 0.4) is 0 Å². The highest BCUT2D eigenvalue weighted by molar-refractivity contribution is 5.85. The first-order chi connectivity index (χ1) is 13.1. The number of nitrogens with zero attached hydrogens (tertiary/aromatic N) is 2. The molecule has 152 valence electrons. The molecular formula is C22H29ClN2O3. The van der Waals surface area contributed by atoms with Crippen molar-refractivity contribution in [3.8, 4) is 5.75 Å². The summed E-state index contributed by atoms with van der Waals surface area (Å²) in [6.45, 7) is 7.96. The largest absolute Gasteiger partial charge is 0.425 e. The van der Waals surface area contributed by atoms with Crippen LogP contribution in [-0.4, -0.2) is 60.2 Å². The van der Waals surface area contributed by atoms with Crippen LogP contribution < -0.4 is 4.74 Å². The van der Waals surface area contributed by atoms with E-state index in [9.17, 15) is 4.79 Å². The van der Waals surface area contributed by atoms with Gasteiger partial charge >= 0.3 is 5.97 Å². The molecule has 5 nitrogen and oxygen atoms in total. The number of aliphatic hydroxyl groups is 1. The predicted octanol–water partition coefficient (Wildman–Crippen LogP) is 2.98. The lowest BCUT2D eigenvalue weighted by molar-refractivity contribution is -0.141. The summed E-state index contributed by atoms with van der Waals surface area (Å²) in [5.41, 5.74) is 2.87. The van der Waals surface area contributed by atoms with E-state index >= 15 is 0 Å². The molecule has 2 aromatic rings. The standard InChI is InChI=1S/C22H28N2O3.ClH/c1-17-7-6-8-18(2)21(17)27-22(26)20(19-9-4-3-5-10-19)24-13-11-23(12-14-24)15-16-25;/h3-10,20,25H,11-16H2,1-2H3;1H. The van der Waals surface area contributed by atoms with Crippen molar-refractivity contribution in [2.45, 2.75) is 19.9 Å². The lowest BCUT2D eigenvalue weighted by atomic mass is 10.0. The second-order valence-electron chi connectivity index (χ2n) is 7.06. The van der Waals surface area contributed by atoms with Crippen molar-refractivity contribution in [2.75, 3.05) is 39.3 Å². The zero-order valence-corrected chi connectivity index (χ0v) is 17.3. The quantitative estimate of drug-likeness (QED) is 0.592. The number of esters is 1. The number of β-amino-alcohol motifs (C(OH)–C–C–N with tert-alkyl or cyclic N) is 1. The number of ether oxygens (including phenoxy) is 1. The Bertz CT molecular complexity index is 741. The van der Waals surface area contributed by atoms with Gasteiger partial charge in [0.2, 0.25) is 0 Å². The smallest absolute Gasteiger partial charge is 0.333 e. The Morgan fingerprint density at radius 1 is 1.00 bits per heavy atom. The van der Waals surface area contributed by atoms with E-state index < -0.39 is 6.04 Å². The second-order valence-corrected chi connectivity index (χ2v) is 7.06. The van der Waals surface area contributed by atoms with Crippen LogP contribution in [0.5, 0.6) is 5.75 Å². The Labute approximate surface area is 173 Å². The van der Waals surface area contributed by atoms with Gasteiger partial charge in [-0.1, -0.05) is 48.5 Å². The van der Waals surface area contributed by atoms with E-state index in [0.29, 0.717) is 12.3 Å². The maximum absolute atomic E-state index is 13.2. The van der Waals surface area contributed by atoms with Crippen molar-refractivity contribution in [1.29, 1.82) is 0 Å². The van der Waals surface area contributed by atoms with Gasteiger partial charge in [-0.15, -0.1) is 12.4 Å². The predicted molar refractivity (Wildman–Crippen MR) is 113 cm³/mol. The summed E-state index contributed by atoms with van der Waals surface area (Å²) < 4.78 is 5.89. The fraction of sp³-hybridized carbons (Fsp3) is 0.409. The third kappa shape index (κ3) is 5.32. The van der Waals surface area contributed by atoms with Gasteiger partial charge in [0.05, 0.1) is 6.61 Å². The summed E-state index contributed by atoms with van der Waals surface area (Å²) in [6, 6.07) is 15.3. The SMILES string of the molecule is Cc1cccc(C)c1OC(=O)C(c1ccccc1)N1CCN(CCO)CC1.Cl. The maximum atomic E-state index is 13.2. The van der Waals surface area contributed by atoms with Gasteiger partial charge in [-0.05, 0) is 30.5 Å². The van der Waals surface area contributed by atoms with Gasteiger partial charge in [0.15, 0.2) is 0 Å². The van der Waals surface area contributed by atoms with Crippen LogP contribution >= 0.6 is 12.4 Å². The first-order valence-electron chi connectivity index (χ1n) is 9.50. The van der Waals surface area contributed by atoms with E-state index in [1.807, 2.05) is 62.4 Å². The number of piperazine rings is 1. The molecule has 0 amide bonds. The topological polar surface area (TPSA) is 53.0 Å². The Morgan fingerprint density at radius 3 is 2.18 bits per heavy atom. The monoisotopic (exact) mass is 404 g/mol. The Hall–Kier alpha value is -1.92. The van der Waals surface area contributed by atoms with Crippen LogP contribution in [0, 0.1) is 13.8 Å². The Kier molecular flexibility index (Phi) is 8.45. The van der Waals surface area contributed by atoms with E-state index in [2.05, 4.69) is 9.80 Å². The number of hydrogen-bond donors (Lipinski definition) is 1. The third-order valence-corrected chi connectivity index (χ3v) is 5.14. The number of halogens is 1. The molecule has 1 aliphatic heterocycles. The zero-order valence-electron chi connectivity index (χ0n) is 16.5. The number of hydrogen-bond acceptors (Lipinski definition) is 5. The van der Waals surface area contributed by atoms with Crippen LogP contribution in [0.1, 0.15) is 22.7 Å². The summed E-state index contributed by atoms with van der Waals surface area (Å²) in [4.78, 5) is 17.6. The number of carbonyl (C=O) groups excluding carboxylic acids is 1. The number of aryl methyl sites for hydroxylation is 2. The summed E-state index contributed by atoms with van der Waals surface area (Å²) in [5, 5.41) is 9.15. The van der Waals surface area contributed by atoms with Crippen LogP contribution in [-0.2, 0) is 4.79 Å². The number of carbonyl (C=O) groups is 1. The molecule has 1 fully saturated rings. The minimum absolute atomic E-state index is 0. The molecule has 1 aliphatic rings. The van der Waals surface area contributed by atoms with Gasteiger partial charge in [-0.25, -0.2) is 4.79 Å². The van der Waals surface area contributed by atoms with Gasteiger partial charge in [-0.3, -0.25) is 9.80 Å². The van der Waals surface area contributed by atoms with Gasteiger partial charge in [0.25, 0.3) is 0 Å². The van der Waals surface area contributed by atoms with Crippen LogP contribution in [0.15, 0.2) is 48.5 Å². The van der Waals surface area contributed by atoms with Crippen molar-refractivity contribution in [1.82, 2.24) is 9.80 Å². The van der Waals surface area contributed by atoms with Crippen molar-refractivity contribution < 1.29 is 14.6 Å². The zero-order chi connectivity index (χ0) is 19.2. The maximum Gasteiger partial charge on any atom is 0.333 e. The molecule has 3 rings (SSSR count). The normalized spacial score (nSPS) is 16.2. The molecule has 0 radical (unpaired) electrons. The summed E-state index contributed by atoms with van der Waals surface area (Å²) >= 11 is 0. The average Bonchev–Trinajstić information content (AvgIpc) is 2.67. The molecule has 2 aromatic carbocycles. The van der Waals surface area contributed by atoms with Gasteiger partial charge in [0.1, 0.15) is 11.8 Å². The molecule has 1 heterocycles. The molecule has 0 aromatic heterocycles. The Balaban J connectivity index is 0.00000280. The molecule has 1 saturated heterocycles. The van der Waals surface area contributed by atoms with Gasteiger partial charge in [-0.2, -0.15) is 0 Å². The van der Waals surface area contributed by atoms with Crippen molar-refractivity contribution in [3.05, 3.63) is 65.2 Å². The number of benzene rings is 2. The molecule has 1 N–H and O–H groups in total. The summed E-state index contributed by atoms with van der Waals surface area (Å²) in [7, 11) is 0. The van der Waals surface area contributed by atoms with Gasteiger partial charge in [0, 0.05) is 32.7 Å². The van der Waals surface area contributed by atoms with Crippen molar-refractivity contribution in [3.63, 3.8) is 0 Å². The molecule has 6 heteroatoms. The molecule has 0 spiro atoms. The van der Waals surface area contributed by atoms with Crippen LogP contribution in [0.4, 0.5) is 0 Å². The molecule has 28 heavy (non-hydrogen) atoms. The van der Waals surface area contributed by atoms with E-state index in [-0.39, 0.29) is 25.0 Å². The van der Waals surface area contributed by atoms with E-state index in [4.69, 9.17) is 9.84 Å². The fourth-order valence-electron chi connectivity index (χ4n) is 3.63. The molecule has 0 bridgehead atoms. The lowest BCUT2D eigenvalue weighted by Crippen LogP contribution is -2.50. The van der Waals surface area contributed by atoms with E-state index in [1.54, 1.807) is 0 Å². The summed E-state index contributed by atoms with van der Waals surface area (Å²) in [5.74, 6) is 0.413. The van der Waals surface area contributed by atoms with Crippen molar-refractivity contribution >= 4 is 18.4 Å². The molecule has 1 atom stereocenters. The second kappa shape index (κ2) is 10.6. The van der Waals surface area contributed by atoms with Gasteiger partial charge < -0.3 is 9.84 Å². The number of para-hydroxylation sites is 1. The molecule has 1 unspecified atom stereocenters. The minimum atomic E-state index is -0.429. The third-order valence-electron chi connectivity index (χ3n) is 5.14. The molecular weight excluding hydrogens is 376 g/mol. The van der Waals surface area contributed by atoms with E-state index in [1.165, 1.54) is 0 Å². The number of aliphatic hydroxyl groups excluding tert-OH is 1. The first-order valence-corrected chi connectivity index (χ1v) is 9.50. The highest BCUT2D eigenvalue weighted by Gasteiger charge is 2.32. The highest BCUT2D eigenvalue weighted by atomic mass is 35.5. The summed E-state index contributed by atoms with van der Waals surface area (Å²) in [6.07, 6.45) is 0. The minimum Gasteiger partial charge on any atom is -0.425 e. The average molecular weight is 405 g/mol. The molecule has 0 aliphatic carbocycles. The van der Waals surface area contributed by atoms with E-state index in [0.717, 1.165) is 42.9 Å². The highest BCUT2D eigenvalue weighted by Crippen LogP contribution is 2.28. The number of rotatable bonds is 6. The first kappa shape index (κ1) is 22.4. The van der Waals surface area contributed by atoms with Crippen LogP contribution in [0.2, 0.25) is 0 Å². The molecule has 0 saturated carbocycles.